The maximum Gasteiger partial charge on any atom is 0.218 e. The fourth-order valence-corrected chi connectivity index (χ4v) is 3.48. The third-order valence-corrected chi connectivity index (χ3v) is 4.44. The molecule has 4 heteroatoms. The number of benzene rings is 1. The van der Waals surface area contributed by atoms with Crippen LogP contribution in [0, 0.1) is 5.92 Å². The van der Waals surface area contributed by atoms with Crippen LogP contribution in [0.1, 0.15) is 35.2 Å². The lowest BCUT2D eigenvalue weighted by Gasteiger charge is -2.13. The number of aryl methyl sites for hydroxylation is 2. The highest BCUT2D eigenvalue weighted by atomic mass is 15.4. The highest BCUT2D eigenvalue weighted by molar-refractivity contribution is 5.43. The molecule has 3 unspecified atom stereocenters. The summed E-state index contributed by atoms with van der Waals surface area (Å²) in [7, 11) is 1.85. The quantitative estimate of drug-likeness (QED) is 0.827. The number of hydrogen-bond acceptors (Lipinski definition) is 3. The Morgan fingerprint density at radius 1 is 1.28 bits per heavy atom. The second kappa shape index (κ2) is 3.34. The molecule has 0 aliphatic heterocycles. The Morgan fingerprint density at radius 3 is 2.89 bits per heavy atom. The van der Waals surface area contributed by atoms with Crippen molar-refractivity contribution in [2.24, 2.45) is 13.0 Å². The zero-order valence-corrected chi connectivity index (χ0v) is 10.4. The van der Waals surface area contributed by atoms with E-state index in [0.29, 0.717) is 17.8 Å². The lowest BCUT2D eigenvalue weighted by molar-refractivity contribution is 0.651. The first-order valence-corrected chi connectivity index (χ1v) is 6.50. The van der Waals surface area contributed by atoms with E-state index >= 15 is 0 Å². The van der Waals surface area contributed by atoms with E-state index in [4.69, 9.17) is 5.73 Å². The Hall–Kier alpha value is -1.84. The van der Waals surface area contributed by atoms with Gasteiger partial charge >= 0.3 is 0 Å². The molecule has 0 bridgehead atoms. The van der Waals surface area contributed by atoms with E-state index in [0.717, 1.165) is 11.7 Å². The molecule has 18 heavy (non-hydrogen) atoms. The molecule has 1 aromatic heterocycles. The van der Waals surface area contributed by atoms with Gasteiger partial charge in [0.25, 0.3) is 0 Å². The van der Waals surface area contributed by atoms with Crippen LogP contribution in [-0.2, 0) is 13.5 Å². The van der Waals surface area contributed by atoms with Gasteiger partial charge in [-0.3, -0.25) is 0 Å². The van der Waals surface area contributed by atoms with Crippen LogP contribution in [0.3, 0.4) is 0 Å². The number of nitrogen functional groups attached to an aromatic ring is 1. The van der Waals surface area contributed by atoms with Crippen LogP contribution in [0.25, 0.3) is 0 Å². The second-order valence-corrected chi connectivity index (χ2v) is 5.40. The topological polar surface area (TPSA) is 56.7 Å². The van der Waals surface area contributed by atoms with Gasteiger partial charge in [-0.2, -0.15) is 10.1 Å². The molecule has 2 aliphatic rings. The van der Waals surface area contributed by atoms with E-state index in [9.17, 15) is 0 Å². The SMILES string of the molecule is Cn1nc(C2C3CCc4ccccc4C32)nc1N. The molecule has 2 aromatic rings. The Morgan fingerprint density at radius 2 is 2.11 bits per heavy atom. The highest BCUT2D eigenvalue weighted by Gasteiger charge is 2.55. The van der Waals surface area contributed by atoms with Gasteiger partial charge in [-0.05, 0) is 35.8 Å². The summed E-state index contributed by atoms with van der Waals surface area (Å²) >= 11 is 0. The standard InChI is InChI=1S/C14H16N4/c1-18-14(15)16-13(17-18)12-10-7-6-8-4-2-3-5-9(8)11(10)12/h2-5,10-12H,6-7H2,1H3,(H2,15,16,17). The fraction of sp³-hybridized carbons (Fsp3) is 0.429. The van der Waals surface area contributed by atoms with E-state index in [1.165, 1.54) is 24.0 Å². The van der Waals surface area contributed by atoms with Crippen molar-refractivity contribution in [3.8, 4) is 0 Å². The minimum atomic E-state index is 0.483. The average Bonchev–Trinajstić information content (AvgIpc) is 3.04. The van der Waals surface area contributed by atoms with Gasteiger partial charge in [0.05, 0.1) is 0 Å². The molecule has 0 radical (unpaired) electrons. The zero-order chi connectivity index (χ0) is 12.3. The van der Waals surface area contributed by atoms with Crippen molar-refractivity contribution in [1.29, 1.82) is 0 Å². The first-order valence-electron chi connectivity index (χ1n) is 6.50. The van der Waals surface area contributed by atoms with E-state index in [2.05, 4.69) is 34.3 Å². The first-order chi connectivity index (χ1) is 8.75. The van der Waals surface area contributed by atoms with Gasteiger partial charge in [0.15, 0.2) is 5.82 Å². The van der Waals surface area contributed by atoms with Crippen LogP contribution < -0.4 is 5.73 Å². The predicted molar refractivity (Wildman–Crippen MR) is 69.2 cm³/mol. The summed E-state index contributed by atoms with van der Waals surface area (Å²) in [5.41, 5.74) is 8.79. The third kappa shape index (κ3) is 1.26. The van der Waals surface area contributed by atoms with E-state index < -0.39 is 0 Å². The second-order valence-electron chi connectivity index (χ2n) is 5.40. The summed E-state index contributed by atoms with van der Waals surface area (Å²) in [4.78, 5) is 4.40. The largest absolute Gasteiger partial charge is 0.368 e. The van der Waals surface area contributed by atoms with Gasteiger partial charge in [0.1, 0.15) is 0 Å². The van der Waals surface area contributed by atoms with Crippen molar-refractivity contribution in [2.45, 2.75) is 24.7 Å². The van der Waals surface area contributed by atoms with Gasteiger partial charge in [-0.1, -0.05) is 24.3 Å². The van der Waals surface area contributed by atoms with Crippen LogP contribution >= 0.6 is 0 Å². The fourth-order valence-electron chi connectivity index (χ4n) is 3.48. The molecule has 92 valence electrons. The van der Waals surface area contributed by atoms with Gasteiger partial charge in [-0.15, -0.1) is 0 Å². The van der Waals surface area contributed by atoms with Crippen molar-refractivity contribution in [1.82, 2.24) is 14.8 Å². The molecule has 1 fully saturated rings. The summed E-state index contributed by atoms with van der Waals surface area (Å²) in [6.07, 6.45) is 2.45. The lowest BCUT2D eigenvalue weighted by atomic mass is 9.92. The molecule has 1 saturated carbocycles. The zero-order valence-electron chi connectivity index (χ0n) is 10.4. The molecule has 4 nitrogen and oxygen atoms in total. The monoisotopic (exact) mass is 240 g/mol. The minimum absolute atomic E-state index is 0.483. The molecule has 0 spiro atoms. The normalized spacial score (nSPS) is 28.6. The number of nitrogens with zero attached hydrogens (tertiary/aromatic N) is 3. The van der Waals surface area contributed by atoms with E-state index in [1.807, 2.05) is 7.05 Å². The maximum absolute atomic E-state index is 5.78. The van der Waals surface area contributed by atoms with Crippen LogP contribution in [0.15, 0.2) is 24.3 Å². The lowest BCUT2D eigenvalue weighted by Crippen LogP contribution is -2.00. The number of aromatic nitrogens is 3. The molecular formula is C14H16N4. The molecule has 2 N–H and O–H groups in total. The molecule has 3 atom stereocenters. The summed E-state index contributed by atoms with van der Waals surface area (Å²) < 4.78 is 1.67. The molecule has 0 saturated heterocycles. The average molecular weight is 240 g/mol. The van der Waals surface area contributed by atoms with Crippen LogP contribution in [0.4, 0.5) is 5.95 Å². The number of anilines is 1. The number of fused-ring (bicyclic) bond motifs is 3. The molecule has 4 rings (SSSR count). The van der Waals surface area contributed by atoms with Crippen molar-refractivity contribution < 1.29 is 0 Å². The minimum Gasteiger partial charge on any atom is -0.368 e. The maximum atomic E-state index is 5.78. The van der Waals surface area contributed by atoms with Gasteiger partial charge in [0.2, 0.25) is 5.95 Å². The summed E-state index contributed by atoms with van der Waals surface area (Å²) in [6, 6.07) is 8.78. The predicted octanol–water partition coefficient (Wildman–Crippen LogP) is 1.84. The molecule has 1 heterocycles. The van der Waals surface area contributed by atoms with Gasteiger partial charge in [-0.25, -0.2) is 4.68 Å². The van der Waals surface area contributed by atoms with Gasteiger partial charge in [0, 0.05) is 13.0 Å². The third-order valence-electron chi connectivity index (χ3n) is 4.44. The number of nitrogens with two attached hydrogens (primary N) is 1. The summed E-state index contributed by atoms with van der Waals surface area (Å²) in [5.74, 6) is 3.28. The van der Waals surface area contributed by atoms with Crippen molar-refractivity contribution in [3.63, 3.8) is 0 Å². The number of hydrogen-bond donors (Lipinski definition) is 1. The molecule has 2 aliphatic carbocycles. The Bertz CT molecular complexity index is 597. The smallest absolute Gasteiger partial charge is 0.218 e. The van der Waals surface area contributed by atoms with Crippen molar-refractivity contribution in [3.05, 3.63) is 41.2 Å². The molecule has 1 aromatic carbocycles. The van der Waals surface area contributed by atoms with Crippen LogP contribution in [0.2, 0.25) is 0 Å². The Kier molecular flexibility index (Phi) is 1.88. The van der Waals surface area contributed by atoms with Crippen LogP contribution in [-0.4, -0.2) is 14.8 Å². The van der Waals surface area contributed by atoms with Gasteiger partial charge < -0.3 is 5.73 Å². The first kappa shape index (κ1) is 10.1. The van der Waals surface area contributed by atoms with E-state index in [1.54, 1.807) is 4.68 Å². The Balaban J connectivity index is 1.72. The highest BCUT2D eigenvalue weighted by Crippen LogP contribution is 2.64. The summed E-state index contributed by atoms with van der Waals surface area (Å²) in [5, 5.41) is 4.45. The molecular weight excluding hydrogens is 224 g/mol. The molecule has 0 amide bonds. The summed E-state index contributed by atoms with van der Waals surface area (Å²) in [6.45, 7) is 0. The number of rotatable bonds is 1. The van der Waals surface area contributed by atoms with Crippen molar-refractivity contribution in [2.75, 3.05) is 5.73 Å². The van der Waals surface area contributed by atoms with E-state index in [-0.39, 0.29) is 0 Å². The van der Waals surface area contributed by atoms with Crippen molar-refractivity contribution >= 4 is 5.95 Å². The Labute approximate surface area is 106 Å². The van der Waals surface area contributed by atoms with Crippen LogP contribution in [0.5, 0.6) is 0 Å².